The summed E-state index contributed by atoms with van der Waals surface area (Å²) in [5.74, 6) is -0.175. The van der Waals surface area contributed by atoms with Crippen LogP contribution in [-0.4, -0.2) is 45.9 Å². The first-order valence-corrected chi connectivity index (χ1v) is 8.61. The highest BCUT2D eigenvalue weighted by Crippen LogP contribution is 2.21. The first kappa shape index (κ1) is 20.0. The smallest absolute Gasteiger partial charge is 0.276 e. The zero-order valence-corrected chi connectivity index (χ0v) is 16.1. The average molecular weight is 405 g/mol. The molecule has 2 aromatic rings. The van der Waals surface area contributed by atoms with E-state index in [-0.39, 0.29) is 18.3 Å². The molecule has 9 heteroatoms. The maximum Gasteiger partial charge on any atom is 0.276 e. The van der Waals surface area contributed by atoms with Gasteiger partial charge in [0.05, 0.1) is 12.2 Å². The lowest BCUT2D eigenvalue weighted by atomic mass is 10.1. The van der Waals surface area contributed by atoms with E-state index in [9.17, 15) is 4.79 Å². The van der Waals surface area contributed by atoms with Crippen LogP contribution in [0, 0.1) is 0 Å². The molecule has 136 valence electrons. The number of carbonyl (C=O) groups excluding carboxylic acids is 1. The van der Waals surface area contributed by atoms with E-state index in [1.807, 2.05) is 0 Å². The topological polar surface area (TPSA) is 63.1 Å². The number of rotatable bonds is 4. The van der Waals surface area contributed by atoms with E-state index >= 15 is 0 Å². The zero-order valence-electron chi connectivity index (χ0n) is 13.8. The Balaban J connectivity index is 0.00000225. The molecule has 1 aliphatic rings. The predicted octanol–water partition coefficient (Wildman–Crippen LogP) is 3.20. The first-order valence-electron chi connectivity index (χ1n) is 7.86. The number of nitrogens with one attached hydrogen (secondary N) is 1. The fourth-order valence-electron chi connectivity index (χ4n) is 2.87. The van der Waals surface area contributed by atoms with Crippen LogP contribution in [-0.2, 0) is 6.54 Å². The van der Waals surface area contributed by atoms with Crippen LogP contribution in [0.25, 0.3) is 0 Å². The molecule has 2 heterocycles. The minimum absolute atomic E-state index is 0. The molecule has 1 amide bonds. The number of aromatic nitrogens is 3. The SMILES string of the molecule is CN(Cc1cc(Cl)cc(Cl)c1)C(=O)c1cn(C2CCNCC2)nn1.Cl. The third kappa shape index (κ3) is 5.07. The minimum atomic E-state index is -0.175. The van der Waals surface area contributed by atoms with Crippen LogP contribution in [0.15, 0.2) is 24.4 Å². The molecule has 1 aliphatic heterocycles. The molecular formula is C16H20Cl3N5O. The average Bonchev–Trinajstić information content (AvgIpc) is 3.04. The lowest BCUT2D eigenvalue weighted by Gasteiger charge is -2.22. The molecule has 0 unspecified atom stereocenters. The van der Waals surface area contributed by atoms with Crippen molar-refractivity contribution in [2.45, 2.75) is 25.4 Å². The van der Waals surface area contributed by atoms with Crippen molar-refractivity contribution in [2.75, 3.05) is 20.1 Å². The number of benzene rings is 1. The predicted molar refractivity (Wildman–Crippen MR) is 101 cm³/mol. The van der Waals surface area contributed by atoms with Crippen LogP contribution in [0.5, 0.6) is 0 Å². The summed E-state index contributed by atoms with van der Waals surface area (Å²) in [6, 6.07) is 5.56. The standard InChI is InChI=1S/C16H19Cl2N5O.ClH/c1-22(9-11-6-12(17)8-13(18)7-11)16(24)15-10-23(21-20-15)14-2-4-19-5-3-14;/h6-8,10,14,19H,2-5,9H2,1H3;1H. The molecule has 1 aromatic carbocycles. The summed E-state index contributed by atoms with van der Waals surface area (Å²) >= 11 is 12.0. The van der Waals surface area contributed by atoms with Crippen molar-refractivity contribution in [3.05, 3.63) is 45.7 Å². The van der Waals surface area contributed by atoms with Gasteiger partial charge >= 0.3 is 0 Å². The van der Waals surface area contributed by atoms with Gasteiger partial charge in [-0.1, -0.05) is 28.4 Å². The number of amides is 1. The normalized spacial score (nSPS) is 14.8. The fourth-order valence-corrected chi connectivity index (χ4v) is 3.44. The van der Waals surface area contributed by atoms with Crippen molar-refractivity contribution >= 4 is 41.5 Å². The molecule has 0 spiro atoms. The van der Waals surface area contributed by atoms with Gasteiger partial charge in [0.15, 0.2) is 5.69 Å². The molecule has 1 saturated heterocycles. The Hall–Kier alpha value is -1.34. The summed E-state index contributed by atoms with van der Waals surface area (Å²) in [4.78, 5) is 14.1. The van der Waals surface area contributed by atoms with Gasteiger partial charge < -0.3 is 10.2 Å². The van der Waals surface area contributed by atoms with Gasteiger partial charge in [-0.3, -0.25) is 4.79 Å². The van der Waals surface area contributed by atoms with E-state index in [1.165, 1.54) is 0 Å². The summed E-state index contributed by atoms with van der Waals surface area (Å²) in [5.41, 5.74) is 1.22. The second-order valence-electron chi connectivity index (χ2n) is 6.00. The van der Waals surface area contributed by atoms with Crippen molar-refractivity contribution in [3.8, 4) is 0 Å². The molecule has 25 heavy (non-hydrogen) atoms. The van der Waals surface area contributed by atoms with Crippen LogP contribution in [0.3, 0.4) is 0 Å². The van der Waals surface area contributed by atoms with Crippen LogP contribution < -0.4 is 5.32 Å². The summed E-state index contributed by atoms with van der Waals surface area (Å²) in [7, 11) is 1.72. The van der Waals surface area contributed by atoms with Gasteiger partial charge in [-0.15, -0.1) is 17.5 Å². The molecule has 0 radical (unpaired) electrons. The molecule has 1 N–H and O–H groups in total. The number of hydrogen-bond acceptors (Lipinski definition) is 4. The number of halogens is 3. The Morgan fingerprint density at radius 1 is 1.28 bits per heavy atom. The lowest BCUT2D eigenvalue weighted by Crippen LogP contribution is -2.29. The zero-order chi connectivity index (χ0) is 17.1. The van der Waals surface area contributed by atoms with Gasteiger partial charge in [0.25, 0.3) is 5.91 Å². The van der Waals surface area contributed by atoms with Crippen molar-refractivity contribution in [1.29, 1.82) is 0 Å². The van der Waals surface area contributed by atoms with Crippen LogP contribution in [0.2, 0.25) is 10.0 Å². The quantitative estimate of drug-likeness (QED) is 0.850. The largest absolute Gasteiger partial charge is 0.336 e. The minimum Gasteiger partial charge on any atom is -0.336 e. The molecule has 0 aliphatic carbocycles. The number of piperidine rings is 1. The third-order valence-corrected chi connectivity index (χ3v) is 4.54. The summed E-state index contributed by atoms with van der Waals surface area (Å²) in [5, 5.41) is 12.6. The van der Waals surface area contributed by atoms with E-state index in [0.29, 0.717) is 28.3 Å². The van der Waals surface area contributed by atoms with Gasteiger partial charge in [-0.25, -0.2) is 4.68 Å². The van der Waals surface area contributed by atoms with Crippen LogP contribution in [0.4, 0.5) is 0 Å². The van der Waals surface area contributed by atoms with E-state index in [4.69, 9.17) is 23.2 Å². The highest BCUT2D eigenvalue weighted by Gasteiger charge is 2.20. The van der Waals surface area contributed by atoms with Crippen molar-refractivity contribution < 1.29 is 4.79 Å². The Kier molecular flexibility index (Phi) is 7.07. The maximum atomic E-state index is 12.5. The third-order valence-electron chi connectivity index (χ3n) is 4.10. The second kappa shape index (κ2) is 8.85. The van der Waals surface area contributed by atoms with E-state index in [0.717, 1.165) is 31.5 Å². The maximum absolute atomic E-state index is 12.5. The van der Waals surface area contributed by atoms with Crippen molar-refractivity contribution in [2.24, 2.45) is 0 Å². The molecule has 1 aromatic heterocycles. The Morgan fingerprint density at radius 3 is 2.56 bits per heavy atom. The highest BCUT2D eigenvalue weighted by molar-refractivity contribution is 6.34. The van der Waals surface area contributed by atoms with Gasteiger partial charge in [0.1, 0.15) is 0 Å². The fraction of sp³-hybridized carbons (Fsp3) is 0.438. The Bertz CT molecular complexity index is 710. The highest BCUT2D eigenvalue weighted by atomic mass is 35.5. The Labute approximate surface area is 162 Å². The van der Waals surface area contributed by atoms with Gasteiger partial charge in [0, 0.05) is 23.6 Å². The molecule has 0 atom stereocenters. The van der Waals surface area contributed by atoms with Gasteiger partial charge in [0.2, 0.25) is 0 Å². The summed E-state index contributed by atoms with van der Waals surface area (Å²) in [6.07, 6.45) is 3.72. The molecule has 6 nitrogen and oxygen atoms in total. The number of carbonyl (C=O) groups is 1. The van der Waals surface area contributed by atoms with Crippen molar-refractivity contribution in [1.82, 2.24) is 25.2 Å². The molecule has 1 fully saturated rings. The first-order chi connectivity index (χ1) is 11.5. The molecule has 0 bridgehead atoms. The number of hydrogen-bond donors (Lipinski definition) is 1. The van der Waals surface area contributed by atoms with Gasteiger partial charge in [-0.05, 0) is 49.7 Å². The molecule has 3 rings (SSSR count). The van der Waals surface area contributed by atoms with E-state index in [1.54, 1.807) is 41.0 Å². The molecular weight excluding hydrogens is 385 g/mol. The lowest BCUT2D eigenvalue weighted by molar-refractivity contribution is 0.0779. The molecule has 0 saturated carbocycles. The van der Waals surface area contributed by atoms with Gasteiger partial charge in [-0.2, -0.15) is 0 Å². The van der Waals surface area contributed by atoms with E-state index < -0.39 is 0 Å². The monoisotopic (exact) mass is 403 g/mol. The van der Waals surface area contributed by atoms with Crippen molar-refractivity contribution in [3.63, 3.8) is 0 Å². The number of nitrogens with zero attached hydrogens (tertiary/aromatic N) is 4. The van der Waals surface area contributed by atoms with Crippen LogP contribution >= 0.6 is 35.6 Å². The Morgan fingerprint density at radius 2 is 1.92 bits per heavy atom. The summed E-state index contributed by atoms with van der Waals surface area (Å²) < 4.78 is 1.80. The second-order valence-corrected chi connectivity index (χ2v) is 6.88. The van der Waals surface area contributed by atoms with E-state index in [2.05, 4.69) is 15.6 Å². The van der Waals surface area contributed by atoms with Crippen LogP contribution in [0.1, 0.15) is 34.9 Å². The summed E-state index contributed by atoms with van der Waals surface area (Å²) in [6.45, 7) is 2.33.